The van der Waals surface area contributed by atoms with E-state index in [1.807, 2.05) is 42.5 Å². The van der Waals surface area contributed by atoms with Gasteiger partial charge in [0.05, 0.1) is 22.8 Å². The van der Waals surface area contributed by atoms with Gasteiger partial charge in [0.25, 0.3) is 0 Å². The zero-order chi connectivity index (χ0) is 33.2. The molecule has 8 nitrogen and oxygen atoms in total. The predicted octanol–water partition coefficient (Wildman–Crippen LogP) is 9.10. The molecule has 0 amide bonds. The molecule has 7 rings (SSSR count). The first-order valence-electron chi connectivity index (χ1n) is 17.1. The third kappa shape index (κ3) is 11.4. The van der Waals surface area contributed by atoms with Crippen molar-refractivity contribution in [2.45, 2.75) is 58.3 Å². The molecular weight excluding hydrogens is 592 g/mol. The first-order valence-corrected chi connectivity index (χ1v) is 17.1. The van der Waals surface area contributed by atoms with Crippen molar-refractivity contribution in [2.24, 2.45) is 5.84 Å². The van der Waals surface area contributed by atoms with Gasteiger partial charge in [0.15, 0.2) is 0 Å². The second-order valence-electron chi connectivity index (χ2n) is 11.9. The first-order chi connectivity index (χ1) is 23.7. The average molecular weight is 641 g/mol. The van der Waals surface area contributed by atoms with Crippen LogP contribution in [0.2, 0.25) is 0 Å². The van der Waals surface area contributed by atoms with Crippen LogP contribution in [0.5, 0.6) is 0 Å². The lowest BCUT2D eigenvalue weighted by Crippen LogP contribution is -2.47. The van der Waals surface area contributed by atoms with Gasteiger partial charge in [-0.25, -0.2) is 15.4 Å². The maximum absolute atomic E-state index is 5.01. The minimum absolute atomic E-state index is 0.915. The van der Waals surface area contributed by atoms with Crippen LogP contribution >= 0.6 is 0 Å². The zero-order valence-electron chi connectivity index (χ0n) is 27.9. The van der Waals surface area contributed by atoms with Crippen molar-refractivity contribution in [1.29, 1.82) is 0 Å². The second-order valence-corrected chi connectivity index (χ2v) is 11.9. The van der Waals surface area contributed by atoms with Gasteiger partial charge in [-0.1, -0.05) is 100 Å². The third-order valence-electron chi connectivity index (χ3n) is 8.02. The Kier molecular flexibility index (Phi) is 13.7. The van der Waals surface area contributed by atoms with Gasteiger partial charge < -0.3 is 9.97 Å². The van der Waals surface area contributed by atoms with Crippen LogP contribution in [0.3, 0.4) is 0 Å². The van der Waals surface area contributed by atoms with Crippen molar-refractivity contribution < 1.29 is 0 Å². The van der Waals surface area contributed by atoms with Crippen LogP contribution in [0, 0.1) is 0 Å². The fraction of sp³-hybridized carbons (Fsp3) is 0.250. The van der Waals surface area contributed by atoms with E-state index in [4.69, 9.17) is 5.84 Å². The van der Waals surface area contributed by atoms with Gasteiger partial charge in [0, 0.05) is 28.6 Å². The van der Waals surface area contributed by atoms with E-state index in [1.54, 1.807) is 0 Å². The van der Waals surface area contributed by atoms with Gasteiger partial charge in [-0.2, -0.15) is 11.1 Å². The van der Waals surface area contributed by atoms with Crippen molar-refractivity contribution in [2.75, 3.05) is 6.54 Å². The smallest absolute Gasteiger partial charge is 0.0659 e. The number of hydrogen-bond acceptors (Lipinski definition) is 6. The molecule has 0 saturated heterocycles. The summed E-state index contributed by atoms with van der Waals surface area (Å²) >= 11 is 0. The van der Waals surface area contributed by atoms with Crippen molar-refractivity contribution in [3.8, 4) is 0 Å². The summed E-state index contributed by atoms with van der Waals surface area (Å²) in [4.78, 5) is 16.0. The summed E-state index contributed by atoms with van der Waals surface area (Å²) in [5, 5.41) is 2.62. The molecule has 8 bridgehead atoms. The Labute approximate surface area is 283 Å². The molecule has 3 aromatic heterocycles. The number of fused-ring (bicyclic) bond motifs is 9. The highest BCUT2D eigenvalue weighted by atomic mass is 15.7. The summed E-state index contributed by atoms with van der Waals surface area (Å²) in [6.07, 6.45) is 18.9. The number of unbranched alkanes of at least 4 members (excludes halogenated alkanes) is 7. The molecule has 7 N–H and O–H groups in total. The molecule has 2 aliphatic heterocycles. The summed E-state index contributed by atoms with van der Waals surface area (Å²) < 4.78 is 0. The Morgan fingerprint density at radius 1 is 0.521 bits per heavy atom. The van der Waals surface area contributed by atoms with Gasteiger partial charge in [0.2, 0.25) is 0 Å². The molecule has 5 aromatic rings. The predicted molar refractivity (Wildman–Crippen MR) is 204 cm³/mol. The zero-order valence-corrected chi connectivity index (χ0v) is 27.9. The lowest BCUT2D eigenvalue weighted by molar-refractivity contribution is 0.431. The molecule has 0 saturated carbocycles. The molecule has 48 heavy (non-hydrogen) atoms. The fourth-order valence-electron chi connectivity index (χ4n) is 5.54. The lowest BCUT2D eigenvalue weighted by atomic mass is 10.1. The molecule has 0 atom stereocenters. The summed E-state index contributed by atoms with van der Waals surface area (Å²) in [5.74, 6) is 5.01. The number of nitrogens with zero attached hydrogens (tertiary/aromatic N) is 2. The number of aromatic amines is 2. The van der Waals surface area contributed by atoms with E-state index in [-0.39, 0.29) is 0 Å². The normalized spacial score (nSPS) is 11.5. The topological polar surface area (TPSA) is 119 Å². The van der Waals surface area contributed by atoms with E-state index in [9.17, 15) is 0 Å². The number of H-pyrrole nitrogens is 2. The Morgan fingerprint density at radius 3 is 1.40 bits per heavy atom. The Hall–Kier alpha value is -4.86. The SMILES string of the molecule is C1=Cc2cc3ccc(cc4ccc(cc5nc(cc1n2)C=C5)[nH]4)[nH]3.CCCCCCCCCCNNNN.c1ccc2ccccc2c1. The van der Waals surface area contributed by atoms with Gasteiger partial charge in [-0.15, -0.1) is 0 Å². The van der Waals surface area contributed by atoms with E-state index >= 15 is 0 Å². The molecule has 5 heterocycles. The second kappa shape index (κ2) is 19.1. The number of nitrogens with one attached hydrogen (secondary N) is 5. The van der Waals surface area contributed by atoms with Crippen molar-refractivity contribution in [1.82, 2.24) is 36.4 Å². The summed E-state index contributed by atoms with van der Waals surface area (Å²) in [6.45, 7) is 3.23. The standard InChI is InChI=1S/C20H14N4.C10H26N4.C10H8/c1-2-14-10-16-5-6-18(23-16)12-20-8-7-19(24-20)11-17-4-3-15(22-17)9-13(1)21-14;1-2-3-4-5-6-7-8-9-10-12-14-13-11;1-2-6-10-8-4-3-7-9(10)5-1/h1-12,21-22H;12-14H,2-11H2,1H3;1-8H. The Balaban J connectivity index is 0.000000159. The van der Waals surface area contributed by atoms with Crippen LogP contribution in [-0.4, -0.2) is 26.5 Å². The lowest BCUT2D eigenvalue weighted by Gasteiger charge is -2.04. The largest absolute Gasteiger partial charge is 0.355 e. The fourth-order valence-corrected chi connectivity index (χ4v) is 5.54. The van der Waals surface area contributed by atoms with E-state index in [0.29, 0.717) is 0 Å². The maximum atomic E-state index is 5.01. The maximum Gasteiger partial charge on any atom is 0.0659 e. The Bertz CT molecular complexity index is 1770. The van der Waals surface area contributed by atoms with Gasteiger partial charge in [-0.3, -0.25) is 5.84 Å². The van der Waals surface area contributed by atoms with Crippen molar-refractivity contribution >= 4 is 57.1 Å². The van der Waals surface area contributed by atoms with E-state index in [2.05, 4.69) is 122 Å². The van der Waals surface area contributed by atoms with Crippen LogP contribution in [0.4, 0.5) is 0 Å². The first kappa shape index (κ1) is 34.5. The van der Waals surface area contributed by atoms with E-state index in [0.717, 1.165) is 51.4 Å². The van der Waals surface area contributed by atoms with Gasteiger partial charge >= 0.3 is 0 Å². The molecular formula is C40H48N8. The van der Waals surface area contributed by atoms with E-state index in [1.165, 1.54) is 62.1 Å². The van der Waals surface area contributed by atoms with Crippen molar-refractivity contribution in [3.05, 3.63) is 120 Å². The highest BCUT2D eigenvalue weighted by molar-refractivity contribution is 5.82. The number of aromatic nitrogens is 4. The van der Waals surface area contributed by atoms with Crippen LogP contribution in [0.1, 0.15) is 81.1 Å². The van der Waals surface area contributed by atoms with Gasteiger partial charge in [-0.05, 0) is 90.0 Å². The quantitative estimate of drug-likeness (QED) is 0.0477. The molecule has 0 radical (unpaired) electrons. The monoisotopic (exact) mass is 640 g/mol. The van der Waals surface area contributed by atoms with E-state index < -0.39 is 0 Å². The average Bonchev–Trinajstić information content (AvgIpc) is 3.93. The minimum atomic E-state index is 0.915. The molecule has 0 fully saturated rings. The third-order valence-corrected chi connectivity index (χ3v) is 8.02. The molecule has 0 unspecified atom stereocenters. The van der Waals surface area contributed by atoms with Crippen LogP contribution < -0.4 is 22.3 Å². The summed E-state index contributed by atoms with van der Waals surface area (Å²) in [6, 6.07) is 33.1. The van der Waals surface area contributed by atoms with Crippen LogP contribution in [0.15, 0.2) is 97.1 Å². The summed E-state index contributed by atoms with van der Waals surface area (Å²) in [5.41, 5.74) is 15.8. The summed E-state index contributed by atoms with van der Waals surface area (Å²) in [7, 11) is 0. The molecule has 2 aromatic carbocycles. The van der Waals surface area contributed by atoms with Gasteiger partial charge in [0.1, 0.15) is 0 Å². The molecule has 2 aliphatic rings. The van der Waals surface area contributed by atoms with Crippen LogP contribution in [-0.2, 0) is 0 Å². The molecule has 248 valence electrons. The number of hydrazine groups is 3. The molecule has 0 spiro atoms. The number of benzene rings is 2. The number of nitrogens with two attached hydrogens (primary N) is 1. The molecule has 8 heteroatoms. The highest BCUT2D eigenvalue weighted by Gasteiger charge is 2.02. The highest BCUT2D eigenvalue weighted by Crippen LogP contribution is 2.17. The minimum Gasteiger partial charge on any atom is -0.355 e. The number of rotatable bonds is 11. The number of hydrogen-bond donors (Lipinski definition) is 6. The van der Waals surface area contributed by atoms with Crippen LogP contribution in [0.25, 0.3) is 57.1 Å². The molecule has 0 aliphatic carbocycles. The Morgan fingerprint density at radius 2 is 0.938 bits per heavy atom. The van der Waals surface area contributed by atoms with Crippen molar-refractivity contribution in [3.63, 3.8) is 0 Å².